The van der Waals surface area contributed by atoms with Crippen LogP contribution in [0, 0.1) is 17.8 Å². The van der Waals surface area contributed by atoms with Gasteiger partial charge in [-0.25, -0.2) is 0 Å². The predicted octanol–water partition coefficient (Wildman–Crippen LogP) is 1.14. The maximum atomic E-state index is 11.9. The number of carbonyl (C=O) groups excluding carboxylic acids is 2. The largest absolute Gasteiger partial charge is 0.327 e. The van der Waals surface area contributed by atoms with Crippen LogP contribution in [-0.2, 0) is 9.59 Å². The van der Waals surface area contributed by atoms with Crippen LogP contribution >= 0.6 is 0 Å². The molecule has 2 amide bonds. The molecule has 0 aromatic rings. The first-order valence-electron chi connectivity index (χ1n) is 6.63. The Balaban J connectivity index is 1.91. The summed E-state index contributed by atoms with van der Waals surface area (Å²) in [5.41, 5.74) is 6.00. The van der Waals surface area contributed by atoms with Gasteiger partial charge in [0.15, 0.2) is 0 Å². The van der Waals surface area contributed by atoms with Crippen molar-refractivity contribution in [2.24, 2.45) is 23.5 Å². The molecule has 1 heterocycles. The van der Waals surface area contributed by atoms with Crippen molar-refractivity contribution in [3.8, 4) is 0 Å². The van der Waals surface area contributed by atoms with Crippen molar-refractivity contribution in [2.45, 2.75) is 45.6 Å². The summed E-state index contributed by atoms with van der Waals surface area (Å²) >= 11 is 0. The van der Waals surface area contributed by atoms with Crippen LogP contribution < -0.4 is 5.73 Å². The Hall–Kier alpha value is -0.900. The zero-order valence-corrected chi connectivity index (χ0v) is 10.7. The van der Waals surface area contributed by atoms with Crippen LogP contribution in [0.25, 0.3) is 0 Å². The highest BCUT2D eigenvalue weighted by molar-refractivity contribution is 6.04. The van der Waals surface area contributed by atoms with Crippen molar-refractivity contribution in [3.63, 3.8) is 0 Å². The van der Waals surface area contributed by atoms with Crippen LogP contribution in [0.4, 0.5) is 0 Å². The molecule has 0 radical (unpaired) electrons. The second-order valence-electron chi connectivity index (χ2n) is 5.55. The quantitative estimate of drug-likeness (QED) is 0.750. The number of nitrogens with two attached hydrogens (primary N) is 1. The molecule has 2 N–H and O–H groups in total. The van der Waals surface area contributed by atoms with Gasteiger partial charge in [0.05, 0.1) is 0 Å². The molecule has 0 aromatic heterocycles. The highest BCUT2D eigenvalue weighted by Gasteiger charge is 2.42. The van der Waals surface area contributed by atoms with E-state index in [0.717, 1.165) is 19.3 Å². The zero-order chi connectivity index (χ0) is 12.6. The van der Waals surface area contributed by atoms with E-state index in [1.165, 1.54) is 11.3 Å². The molecule has 1 aliphatic heterocycles. The van der Waals surface area contributed by atoms with Crippen LogP contribution in [0.1, 0.15) is 39.5 Å². The average molecular weight is 238 g/mol. The van der Waals surface area contributed by atoms with Gasteiger partial charge in [-0.05, 0) is 25.2 Å². The molecular weight excluding hydrogens is 216 g/mol. The fraction of sp³-hybridized carbons (Fsp3) is 0.846. The highest BCUT2D eigenvalue weighted by atomic mass is 16.2. The van der Waals surface area contributed by atoms with E-state index in [-0.39, 0.29) is 29.7 Å². The van der Waals surface area contributed by atoms with Crippen molar-refractivity contribution in [3.05, 3.63) is 0 Å². The summed E-state index contributed by atoms with van der Waals surface area (Å²) < 4.78 is 0. The summed E-state index contributed by atoms with van der Waals surface area (Å²) in [5, 5.41) is 0. The third kappa shape index (κ3) is 2.23. The predicted molar refractivity (Wildman–Crippen MR) is 65.0 cm³/mol. The van der Waals surface area contributed by atoms with Crippen molar-refractivity contribution in [1.82, 2.24) is 4.90 Å². The number of amides is 2. The summed E-state index contributed by atoms with van der Waals surface area (Å²) in [4.78, 5) is 25.2. The Morgan fingerprint density at radius 3 is 2.24 bits per heavy atom. The monoisotopic (exact) mass is 238 g/mol. The molecule has 2 fully saturated rings. The number of carbonyl (C=O) groups is 2. The lowest BCUT2D eigenvalue weighted by molar-refractivity contribution is -0.139. The number of imide groups is 1. The van der Waals surface area contributed by atoms with Crippen molar-refractivity contribution >= 4 is 11.8 Å². The molecule has 1 saturated carbocycles. The second-order valence-corrected chi connectivity index (χ2v) is 5.55. The van der Waals surface area contributed by atoms with E-state index >= 15 is 0 Å². The van der Waals surface area contributed by atoms with E-state index < -0.39 is 0 Å². The molecule has 0 spiro atoms. The summed E-state index contributed by atoms with van der Waals surface area (Å²) in [6.45, 7) is 4.24. The molecule has 2 rings (SSSR count). The molecule has 1 aliphatic carbocycles. The lowest BCUT2D eigenvalue weighted by Gasteiger charge is -2.19. The number of hydrogen-bond donors (Lipinski definition) is 1. The minimum atomic E-state index is -0.153. The van der Waals surface area contributed by atoms with Gasteiger partial charge >= 0.3 is 0 Å². The Kier molecular flexibility index (Phi) is 3.52. The number of nitrogens with zero attached hydrogens (tertiary/aromatic N) is 1. The zero-order valence-electron chi connectivity index (χ0n) is 10.7. The normalized spacial score (nSPS) is 38.2. The fourth-order valence-corrected chi connectivity index (χ4v) is 2.97. The smallest absolute Gasteiger partial charge is 0.232 e. The van der Waals surface area contributed by atoms with E-state index in [4.69, 9.17) is 5.73 Å². The number of hydrogen-bond acceptors (Lipinski definition) is 3. The van der Waals surface area contributed by atoms with Crippen LogP contribution in [0.5, 0.6) is 0 Å². The van der Waals surface area contributed by atoms with Gasteiger partial charge in [0.2, 0.25) is 11.8 Å². The lowest BCUT2D eigenvalue weighted by atomic mass is 10.00. The van der Waals surface area contributed by atoms with E-state index in [9.17, 15) is 9.59 Å². The van der Waals surface area contributed by atoms with Gasteiger partial charge in [-0.1, -0.05) is 20.3 Å². The Morgan fingerprint density at radius 2 is 1.76 bits per heavy atom. The first kappa shape index (κ1) is 12.6. The topological polar surface area (TPSA) is 63.4 Å². The highest BCUT2D eigenvalue weighted by Crippen LogP contribution is 2.30. The van der Waals surface area contributed by atoms with Crippen LogP contribution in [0.15, 0.2) is 0 Å². The van der Waals surface area contributed by atoms with Gasteiger partial charge < -0.3 is 5.73 Å². The Morgan fingerprint density at radius 1 is 1.18 bits per heavy atom. The standard InChI is InChI=1S/C13H22N2O2/c1-8-9(2)13(17)15(12(8)16)7-6-10-4-3-5-11(10)14/h8-11H,3-7,14H2,1-2H3. The van der Waals surface area contributed by atoms with Crippen molar-refractivity contribution < 1.29 is 9.59 Å². The molecule has 1 saturated heterocycles. The first-order chi connectivity index (χ1) is 8.02. The number of rotatable bonds is 3. The van der Waals surface area contributed by atoms with E-state index in [1.807, 2.05) is 13.8 Å². The summed E-state index contributed by atoms with van der Waals surface area (Å²) in [6, 6.07) is 0.262. The van der Waals surface area contributed by atoms with Crippen LogP contribution in [0.3, 0.4) is 0 Å². The Labute approximate surface area is 103 Å². The van der Waals surface area contributed by atoms with E-state index in [1.54, 1.807) is 0 Å². The average Bonchev–Trinajstić information content (AvgIpc) is 2.78. The van der Waals surface area contributed by atoms with Gasteiger partial charge in [-0.3, -0.25) is 14.5 Å². The first-order valence-corrected chi connectivity index (χ1v) is 6.63. The van der Waals surface area contributed by atoms with Gasteiger partial charge in [-0.15, -0.1) is 0 Å². The maximum Gasteiger partial charge on any atom is 0.232 e. The lowest BCUT2D eigenvalue weighted by Crippen LogP contribution is -2.35. The molecule has 0 aromatic carbocycles. The van der Waals surface area contributed by atoms with E-state index in [0.29, 0.717) is 12.5 Å². The Bertz CT molecular complexity index is 309. The molecule has 4 nitrogen and oxygen atoms in total. The molecular formula is C13H22N2O2. The van der Waals surface area contributed by atoms with Gasteiger partial charge in [-0.2, -0.15) is 0 Å². The maximum absolute atomic E-state index is 11.9. The van der Waals surface area contributed by atoms with E-state index in [2.05, 4.69) is 0 Å². The second kappa shape index (κ2) is 4.77. The van der Waals surface area contributed by atoms with Gasteiger partial charge in [0.1, 0.15) is 0 Å². The van der Waals surface area contributed by atoms with Crippen molar-refractivity contribution in [2.75, 3.05) is 6.54 Å². The minimum Gasteiger partial charge on any atom is -0.327 e. The van der Waals surface area contributed by atoms with Gasteiger partial charge in [0, 0.05) is 24.4 Å². The number of likely N-dealkylation sites (tertiary alicyclic amines) is 1. The van der Waals surface area contributed by atoms with Crippen LogP contribution in [0.2, 0.25) is 0 Å². The molecule has 96 valence electrons. The third-order valence-corrected chi connectivity index (χ3v) is 4.50. The molecule has 4 heteroatoms. The molecule has 0 bridgehead atoms. The molecule has 2 aliphatic rings. The summed E-state index contributed by atoms with van der Waals surface area (Å²) in [5.74, 6) is 0.171. The van der Waals surface area contributed by atoms with Gasteiger partial charge in [0.25, 0.3) is 0 Å². The summed E-state index contributed by atoms with van der Waals surface area (Å²) in [7, 11) is 0. The fourth-order valence-electron chi connectivity index (χ4n) is 2.97. The van der Waals surface area contributed by atoms with Crippen LogP contribution in [-0.4, -0.2) is 29.3 Å². The molecule has 4 unspecified atom stereocenters. The summed E-state index contributed by atoms with van der Waals surface area (Å²) in [6.07, 6.45) is 4.28. The molecule has 17 heavy (non-hydrogen) atoms. The minimum absolute atomic E-state index is 0.00549. The SMILES string of the molecule is CC1C(=O)N(CCC2CCCC2N)C(=O)C1C. The van der Waals surface area contributed by atoms with Crippen molar-refractivity contribution in [1.29, 1.82) is 0 Å². The third-order valence-electron chi connectivity index (χ3n) is 4.50. The molecule has 4 atom stereocenters.